The lowest BCUT2D eigenvalue weighted by Gasteiger charge is -2.19. The van der Waals surface area contributed by atoms with Gasteiger partial charge in [-0.1, -0.05) is 6.07 Å². The van der Waals surface area contributed by atoms with Gasteiger partial charge in [0, 0.05) is 31.9 Å². The zero-order valence-corrected chi connectivity index (χ0v) is 10.8. The van der Waals surface area contributed by atoms with Crippen molar-refractivity contribution in [1.29, 1.82) is 0 Å². The number of nitrogens with zero attached hydrogens (tertiary/aromatic N) is 4. The van der Waals surface area contributed by atoms with E-state index in [-0.39, 0.29) is 5.28 Å². The second-order valence-electron chi connectivity index (χ2n) is 3.91. The molecule has 2 N–H and O–H groups in total. The maximum Gasteiger partial charge on any atom is 0.224 e. The lowest BCUT2D eigenvalue weighted by Crippen LogP contribution is -2.23. The van der Waals surface area contributed by atoms with Crippen molar-refractivity contribution in [2.45, 2.75) is 6.42 Å². The van der Waals surface area contributed by atoms with Gasteiger partial charge in [0.15, 0.2) is 5.82 Å². The van der Waals surface area contributed by atoms with Crippen LogP contribution in [-0.2, 0) is 6.42 Å². The topological polar surface area (TPSA) is 67.9 Å². The average Bonchev–Trinajstić information content (AvgIpc) is 2.40. The summed E-state index contributed by atoms with van der Waals surface area (Å²) in [4.78, 5) is 14.2. The van der Waals surface area contributed by atoms with Crippen LogP contribution in [0.25, 0.3) is 0 Å². The quantitative estimate of drug-likeness (QED) is 0.852. The Kier molecular flexibility index (Phi) is 3.94. The summed E-state index contributed by atoms with van der Waals surface area (Å²) in [6, 6.07) is 5.86. The van der Waals surface area contributed by atoms with Crippen molar-refractivity contribution in [2.24, 2.45) is 0 Å². The summed E-state index contributed by atoms with van der Waals surface area (Å²) in [6.07, 6.45) is 4.12. The highest BCUT2D eigenvalue weighted by Gasteiger charge is 2.08. The predicted octanol–water partition coefficient (Wildman–Crippen LogP) is 1.79. The number of rotatable bonds is 4. The highest BCUT2D eigenvalue weighted by atomic mass is 35.5. The monoisotopic (exact) mass is 263 g/mol. The van der Waals surface area contributed by atoms with Crippen molar-refractivity contribution in [3.8, 4) is 0 Å². The molecule has 6 heteroatoms. The number of nitrogens with two attached hydrogens (primary N) is 1. The van der Waals surface area contributed by atoms with Crippen LogP contribution >= 0.6 is 11.6 Å². The first-order valence-electron chi connectivity index (χ1n) is 5.56. The third-order valence-corrected chi connectivity index (χ3v) is 2.74. The fraction of sp³-hybridized carbons (Fsp3) is 0.250. The normalized spacial score (nSPS) is 10.3. The van der Waals surface area contributed by atoms with Crippen LogP contribution in [-0.4, -0.2) is 28.5 Å². The molecule has 2 aromatic rings. The number of nitrogen functional groups attached to an aromatic ring is 1. The van der Waals surface area contributed by atoms with E-state index in [0.29, 0.717) is 11.5 Å². The second-order valence-corrected chi connectivity index (χ2v) is 4.25. The van der Waals surface area contributed by atoms with E-state index in [2.05, 4.69) is 15.0 Å². The van der Waals surface area contributed by atoms with Crippen LogP contribution in [0.5, 0.6) is 0 Å². The molecule has 5 nitrogen and oxygen atoms in total. The number of hydrogen-bond acceptors (Lipinski definition) is 5. The van der Waals surface area contributed by atoms with Gasteiger partial charge in [-0.05, 0) is 23.7 Å². The summed E-state index contributed by atoms with van der Waals surface area (Å²) >= 11 is 5.76. The number of aromatic nitrogens is 3. The Balaban J connectivity index is 2.03. The molecule has 0 saturated carbocycles. The van der Waals surface area contributed by atoms with Gasteiger partial charge in [0.2, 0.25) is 5.28 Å². The van der Waals surface area contributed by atoms with Crippen molar-refractivity contribution < 1.29 is 0 Å². The number of hydrogen-bond donors (Lipinski definition) is 1. The van der Waals surface area contributed by atoms with Gasteiger partial charge in [-0.25, -0.2) is 4.98 Å². The van der Waals surface area contributed by atoms with Crippen LogP contribution in [0.1, 0.15) is 5.69 Å². The molecule has 0 fully saturated rings. The standard InChI is InChI=1S/C12H14ClN5/c1-18(7-5-9-4-2-3-6-15-9)11-10(14)8-16-12(13)17-11/h2-4,6,8H,5,7,14H2,1H3. The van der Waals surface area contributed by atoms with Gasteiger partial charge in [0.05, 0.1) is 11.9 Å². The Morgan fingerprint density at radius 3 is 2.89 bits per heavy atom. The van der Waals surface area contributed by atoms with Crippen molar-refractivity contribution in [2.75, 3.05) is 24.2 Å². The molecule has 0 aliphatic rings. The molecule has 0 bridgehead atoms. The van der Waals surface area contributed by atoms with Gasteiger partial charge in [-0.3, -0.25) is 4.98 Å². The van der Waals surface area contributed by atoms with E-state index >= 15 is 0 Å². The molecule has 0 radical (unpaired) electrons. The van der Waals surface area contributed by atoms with E-state index in [4.69, 9.17) is 17.3 Å². The van der Waals surface area contributed by atoms with E-state index in [1.54, 1.807) is 6.20 Å². The molecule has 2 rings (SSSR count). The molecule has 0 atom stereocenters. The van der Waals surface area contributed by atoms with Gasteiger partial charge in [-0.15, -0.1) is 0 Å². The van der Waals surface area contributed by atoms with Crippen LogP contribution in [0, 0.1) is 0 Å². The summed E-state index contributed by atoms with van der Waals surface area (Å²) in [7, 11) is 1.91. The highest BCUT2D eigenvalue weighted by Crippen LogP contribution is 2.19. The molecule has 0 aliphatic heterocycles. The zero-order valence-electron chi connectivity index (χ0n) is 10.0. The Hall–Kier alpha value is -1.88. The van der Waals surface area contributed by atoms with Crippen LogP contribution in [0.2, 0.25) is 5.28 Å². The van der Waals surface area contributed by atoms with Gasteiger partial charge in [0.1, 0.15) is 0 Å². The summed E-state index contributed by atoms with van der Waals surface area (Å²) < 4.78 is 0. The lowest BCUT2D eigenvalue weighted by molar-refractivity contribution is 0.837. The van der Waals surface area contributed by atoms with Crippen molar-refractivity contribution in [3.05, 3.63) is 41.6 Å². The third kappa shape index (κ3) is 3.07. The van der Waals surface area contributed by atoms with Crippen molar-refractivity contribution in [3.63, 3.8) is 0 Å². The Morgan fingerprint density at radius 1 is 1.33 bits per heavy atom. The highest BCUT2D eigenvalue weighted by molar-refractivity contribution is 6.28. The minimum Gasteiger partial charge on any atom is -0.394 e. The lowest BCUT2D eigenvalue weighted by atomic mass is 10.2. The summed E-state index contributed by atoms with van der Waals surface area (Å²) in [5.41, 5.74) is 7.37. The van der Waals surface area contributed by atoms with Crippen LogP contribution in [0.4, 0.5) is 11.5 Å². The Labute approximate surface area is 111 Å². The van der Waals surface area contributed by atoms with Crippen LogP contribution in [0.3, 0.4) is 0 Å². The summed E-state index contributed by atoms with van der Waals surface area (Å²) in [5, 5.41) is 0.198. The minimum absolute atomic E-state index is 0.198. The number of pyridine rings is 1. The largest absolute Gasteiger partial charge is 0.394 e. The van der Waals surface area contributed by atoms with Gasteiger partial charge in [0.25, 0.3) is 0 Å². The molecule has 2 heterocycles. The molecular weight excluding hydrogens is 250 g/mol. The molecule has 0 spiro atoms. The number of anilines is 2. The third-order valence-electron chi connectivity index (χ3n) is 2.56. The first-order chi connectivity index (χ1) is 8.66. The minimum atomic E-state index is 0.198. The fourth-order valence-electron chi connectivity index (χ4n) is 1.60. The average molecular weight is 264 g/mol. The van der Waals surface area contributed by atoms with E-state index in [9.17, 15) is 0 Å². The number of halogens is 1. The number of likely N-dealkylation sites (N-methyl/N-ethyl adjacent to an activating group) is 1. The van der Waals surface area contributed by atoms with E-state index in [1.807, 2.05) is 30.1 Å². The first-order valence-corrected chi connectivity index (χ1v) is 5.93. The molecule has 2 aromatic heterocycles. The van der Waals surface area contributed by atoms with Crippen molar-refractivity contribution >= 4 is 23.1 Å². The first kappa shape index (κ1) is 12.6. The molecule has 94 valence electrons. The van der Waals surface area contributed by atoms with E-state index < -0.39 is 0 Å². The zero-order chi connectivity index (χ0) is 13.0. The smallest absolute Gasteiger partial charge is 0.224 e. The predicted molar refractivity (Wildman–Crippen MR) is 72.7 cm³/mol. The van der Waals surface area contributed by atoms with Gasteiger partial charge in [-0.2, -0.15) is 4.98 Å². The van der Waals surface area contributed by atoms with E-state index in [0.717, 1.165) is 18.7 Å². The molecule has 0 aliphatic carbocycles. The van der Waals surface area contributed by atoms with Crippen LogP contribution in [0.15, 0.2) is 30.6 Å². The summed E-state index contributed by atoms with van der Waals surface area (Å²) in [6.45, 7) is 0.758. The SMILES string of the molecule is CN(CCc1ccccn1)c1nc(Cl)ncc1N. The Morgan fingerprint density at radius 2 is 2.17 bits per heavy atom. The molecule has 0 saturated heterocycles. The van der Waals surface area contributed by atoms with Gasteiger partial charge >= 0.3 is 0 Å². The van der Waals surface area contributed by atoms with E-state index in [1.165, 1.54) is 6.20 Å². The fourth-order valence-corrected chi connectivity index (χ4v) is 1.73. The maximum atomic E-state index is 5.82. The van der Waals surface area contributed by atoms with Crippen molar-refractivity contribution in [1.82, 2.24) is 15.0 Å². The molecule has 0 unspecified atom stereocenters. The molecule has 18 heavy (non-hydrogen) atoms. The van der Waals surface area contributed by atoms with Crippen LogP contribution < -0.4 is 10.6 Å². The maximum absolute atomic E-state index is 5.82. The molecule has 0 aromatic carbocycles. The summed E-state index contributed by atoms with van der Waals surface area (Å²) in [5.74, 6) is 0.644. The molecular formula is C12H14ClN5. The van der Waals surface area contributed by atoms with Gasteiger partial charge < -0.3 is 10.6 Å². The Bertz CT molecular complexity index is 517. The second kappa shape index (κ2) is 5.64. The molecule has 0 amide bonds.